The Bertz CT molecular complexity index is 277. The number of nitrogens with one attached hydrogen (secondary N) is 1. The molecule has 1 N–H and O–H groups in total. The highest BCUT2D eigenvalue weighted by molar-refractivity contribution is 7.07. The molecule has 3 heteroatoms. The standard InChI is InChI=1S/C13H23NOS/c1-11(9-12-5-8-16-10-12)14-6-7-15-13(2,3)4/h5,8,10-11,14H,6-7,9H2,1-4H3. The highest BCUT2D eigenvalue weighted by Gasteiger charge is 2.09. The Morgan fingerprint density at radius 1 is 1.44 bits per heavy atom. The average Bonchev–Trinajstić information content (AvgIpc) is 2.63. The summed E-state index contributed by atoms with van der Waals surface area (Å²) in [5, 5.41) is 7.81. The largest absolute Gasteiger partial charge is 0.375 e. The minimum Gasteiger partial charge on any atom is -0.375 e. The van der Waals surface area contributed by atoms with Crippen molar-refractivity contribution in [1.82, 2.24) is 5.32 Å². The van der Waals surface area contributed by atoms with E-state index in [2.05, 4.69) is 49.8 Å². The van der Waals surface area contributed by atoms with Crippen molar-refractivity contribution in [1.29, 1.82) is 0 Å². The third-order valence-corrected chi connectivity index (χ3v) is 2.98. The van der Waals surface area contributed by atoms with Crippen LogP contribution in [0.2, 0.25) is 0 Å². The van der Waals surface area contributed by atoms with Gasteiger partial charge < -0.3 is 10.1 Å². The summed E-state index contributed by atoms with van der Waals surface area (Å²) in [6, 6.07) is 2.70. The van der Waals surface area contributed by atoms with E-state index in [9.17, 15) is 0 Å². The molecule has 0 spiro atoms. The molecule has 1 atom stereocenters. The van der Waals surface area contributed by atoms with Gasteiger partial charge in [0.2, 0.25) is 0 Å². The summed E-state index contributed by atoms with van der Waals surface area (Å²) in [5.74, 6) is 0. The average molecular weight is 241 g/mol. The SMILES string of the molecule is CC(Cc1ccsc1)NCCOC(C)(C)C. The minimum atomic E-state index is -0.0295. The maximum atomic E-state index is 5.65. The van der Waals surface area contributed by atoms with Crippen molar-refractivity contribution in [2.45, 2.75) is 45.8 Å². The second kappa shape index (κ2) is 6.38. The quantitative estimate of drug-likeness (QED) is 0.773. The molecule has 92 valence electrons. The first-order valence-corrected chi connectivity index (χ1v) is 6.80. The van der Waals surface area contributed by atoms with Crippen molar-refractivity contribution in [2.24, 2.45) is 0 Å². The van der Waals surface area contributed by atoms with Gasteiger partial charge in [-0.2, -0.15) is 11.3 Å². The zero-order chi connectivity index (χ0) is 12.0. The van der Waals surface area contributed by atoms with Crippen LogP contribution >= 0.6 is 11.3 Å². The topological polar surface area (TPSA) is 21.3 Å². The summed E-state index contributed by atoms with van der Waals surface area (Å²) >= 11 is 1.76. The van der Waals surface area contributed by atoms with Crippen molar-refractivity contribution in [3.8, 4) is 0 Å². The Kier molecular flexibility index (Phi) is 5.46. The van der Waals surface area contributed by atoms with Crippen molar-refractivity contribution in [3.63, 3.8) is 0 Å². The third kappa shape index (κ3) is 6.26. The van der Waals surface area contributed by atoms with Gasteiger partial charge in [0, 0.05) is 12.6 Å². The van der Waals surface area contributed by atoms with E-state index in [4.69, 9.17) is 4.74 Å². The number of rotatable bonds is 6. The fourth-order valence-corrected chi connectivity index (χ4v) is 2.18. The molecule has 0 radical (unpaired) electrons. The molecule has 0 aliphatic heterocycles. The van der Waals surface area contributed by atoms with Crippen LogP contribution in [0.4, 0.5) is 0 Å². The Morgan fingerprint density at radius 2 is 2.19 bits per heavy atom. The lowest BCUT2D eigenvalue weighted by molar-refractivity contribution is -0.00147. The van der Waals surface area contributed by atoms with Crippen LogP contribution < -0.4 is 5.32 Å². The first kappa shape index (κ1) is 13.7. The van der Waals surface area contributed by atoms with Gasteiger partial charge in [0.1, 0.15) is 0 Å². The molecule has 16 heavy (non-hydrogen) atoms. The predicted octanol–water partition coefficient (Wildman–Crippen LogP) is 3.08. The zero-order valence-electron chi connectivity index (χ0n) is 10.7. The number of hydrogen-bond donors (Lipinski definition) is 1. The summed E-state index contributed by atoms with van der Waals surface area (Å²) in [6.07, 6.45) is 1.10. The smallest absolute Gasteiger partial charge is 0.0599 e. The second-order valence-electron chi connectivity index (χ2n) is 5.15. The fraction of sp³-hybridized carbons (Fsp3) is 0.692. The normalized spacial score (nSPS) is 14.0. The van der Waals surface area contributed by atoms with Gasteiger partial charge in [0.05, 0.1) is 12.2 Å². The Morgan fingerprint density at radius 3 is 2.75 bits per heavy atom. The summed E-state index contributed by atoms with van der Waals surface area (Å²) in [5.41, 5.74) is 1.39. The molecule has 0 aliphatic carbocycles. The first-order valence-electron chi connectivity index (χ1n) is 5.86. The molecular formula is C13H23NOS. The summed E-state index contributed by atoms with van der Waals surface area (Å²) in [7, 11) is 0. The zero-order valence-corrected chi connectivity index (χ0v) is 11.6. The monoisotopic (exact) mass is 241 g/mol. The van der Waals surface area contributed by atoms with E-state index in [1.807, 2.05) is 0 Å². The molecule has 0 fully saturated rings. The lowest BCUT2D eigenvalue weighted by atomic mass is 10.1. The van der Waals surface area contributed by atoms with E-state index < -0.39 is 0 Å². The van der Waals surface area contributed by atoms with E-state index in [0.29, 0.717) is 6.04 Å². The van der Waals surface area contributed by atoms with Gasteiger partial charge in [-0.05, 0) is 56.5 Å². The van der Waals surface area contributed by atoms with Crippen molar-refractivity contribution >= 4 is 11.3 Å². The van der Waals surface area contributed by atoms with Crippen molar-refractivity contribution < 1.29 is 4.74 Å². The molecule has 0 aliphatic rings. The second-order valence-corrected chi connectivity index (χ2v) is 5.93. The number of thiophene rings is 1. The van der Waals surface area contributed by atoms with Crippen molar-refractivity contribution in [2.75, 3.05) is 13.2 Å². The van der Waals surface area contributed by atoms with Crippen LogP contribution in [0, 0.1) is 0 Å². The summed E-state index contributed by atoms with van der Waals surface area (Å²) < 4.78 is 5.65. The van der Waals surface area contributed by atoms with E-state index in [-0.39, 0.29) is 5.60 Å². The van der Waals surface area contributed by atoms with Gasteiger partial charge in [-0.3, -0.25) is 0 Å². The maximum Gasteiger partial charge on any atom is 0.0599 e. The Hall–Kier alpha value is -0.380. The van der Waals surface area contributed by atoms with E-state index in [1.165, 1.54) is 5.56 Å². The molecule has 1 aromatic rings. The molecular weight excluding hydrogens is 218 g/mol. The summed E-state index contributed by atoms with van der Waals surface area (Å²) in [6.45, 7) is 10.2. The van der Waals surface area contributed by atoms with Crippen LogP contribution in [0.1, 0.15) is 33.3 Å². The van der Waals surface area contributed by atoms with E-state index in [0.717, 1.165) is 19.6 Å². The van der Waals surface area contributed by atoms with Crippen LogP contribution in [0.3, 0.4) is 0 Å². The fourth-order valence-electron chi connectivity index (χ4n) is 1.50. The Balaban J connectivity index is 2.09. The van der Waals surface area contributed by atoms with E-state index in [1.54, 1.807) is 11.3 Å². The number of hydrogen-bond acceptors (Lipinski definition) is 3. The van der Waals surface area contributed by atoms with Gasteiger partial charge in [-0.1, -0.05) is 0 Å². The first-order chi connectivity index (χ1) is 7.47. The molecule has 0 aromatic carbocycles. The van der Waals surface area contributed by atoms with Gasteiger partial charge in [0.25, 0.3) is 0 Å². The van der Waals surface area contributed by atoms with Crippen LogP contribution in [0.15, 0.2) is 16.8 Å². The lowest BCUT2D eigenvalue weighted by Gasteiger charge is -2.20. The van der Waals surface area contributed by atoms with Gasteiger partial charge in [-0.15, -0.1) is 0 Å². The molecule has 2 nitrogen and oxygen atoms in total. The molecule has 1 heterocycles. The highest BCUT2D eigenvalue weighted by atomic mass is 32.1. The molecule has 0 saturated carbocycles. The molecule has 1 rings (SSSR count). The van der Waals surface area contributed by atoms with Crippen LogP contribution in [0.25, 0.3) is 0 Å². The molecule has 0 bridgehead atoms. The van der Waals surface area contributed by atoms with Crippen molar-refractivity contribution in [3.05, 3.63) is 22.4 Å². The van der Waals surface area contributed by atoms with Crippen LogP contribution in [0.5, 0.6) is 0 Å². The number of ether oxygens (including phenoxy) is 1. The minimum absolute atomic E-state index is 0.0295. The molecule has 0 saturated heterocycles. The lowest BCUT2D eigenvalue weighted by Crippen LogP contribution is -2.33. The summed E-state index contributed by atoms with van der Waals surface area (Å²) in [4.78, 5) is 0. The van der Waals surface area contributed by atoms with E-state index >= 15 is 0 Å². The van der Waals surface area contributed by atoms with Crippen LogP contribution in [-0.2, 0) is 11.2 Å². The van der Waals surface area contributed by atoms with Gasteiger partial charge in [-0.25, -0.2) is 0 Å². The molecule has 1 unspecified atom stereocenters. The van der Waals surface area contributed by atoms with Gasteiger partial charge >= 0.3 is 0 Å². The van der Waals surface area contributed by atoms with Crippen LogP contribution in [-0.4, -0.2) is 24.8 Å². The van der Waals surface area contributed by atoms with Gasteiger partial charge in [0.15, 0.2) is 0 Å². The molecule has 0 amide bonds. The third-order valence-electron chi connectivity index (χ3n) is 2.25. The Labute approximate surface area is 103 Å². The highest BCUT2D eigenvalue weighted by Crippen LogP contribution is 2.08. The maximum absolute atomic E-state index is 5.65. The molecule has 1 aromatic heterocycles. The predicted molar refractivity (Wildman–Crippen MR) is 71.2 cm³/mol.